The van der Waals surface area contributed by atoms with E-state index in [9.17, 15) is 19.5 Å². The molecule has 0 aliphatic carbocycles. The Labute approximate surface area is 237 Å². The second-order valence-electron chi connectivity index (χ2n) is 9.81. The molecule has 1 aliphatic rings. The molecule has 1 fully saturated rings. The number of aryl methyl sites for hydroxylation is 1. The summed E-state index contributed by atoms with van der Waals surface area (Å²) in [4.78, 5) is 40.8. The van der Waals surface area contributed by atoms with Gasteiger partial charge < -0.3 is 19.3 Å². The molecule has 40 heavy (non-hydrogen) atoms. The van der Waals surface area contributed by atoms with E-state index in [1.54, 1.807) is 18.2 Å². The largest absolute Gasteiger partial charge is 0.507 e. The van der Waals surface area contributed by atoms with Crippen molar-refractivity contribution in [3.05, 3.63) is 93.5 Å². The van der Waals surface area contributed by atoms with Gasteiger partial charge in [-0.15, -0.1) is 0 Å². The zero-order chi connectivity index (χ0) is 29.1. The van der Waals surface area contributed by atoms with E-state index in [-0.39, 0.29) is 40.2 Å². The average Bonchev–Trinajstić information content (AvgIpc) is 3.21. The number of hydrogen-bond donors (Lipinski definition) is 1. The summed E-state index contributed by atoms with van der Waals surface area (Å²) in [5.41, 5.74) is 2.21. The molecule has 1 heterocycles. The highest BCUT2D eigenvalue weighted by Crippen LogP contribution is 2.45. The van der Waals surface area contributed by atoms with Gasteiger partial charge in [-0.25, -0.2) is 4.79 Å². The van der Waals surface area contributed by atoms with E-state index in [2.05, 4.69) is 0 Å². The molecular formula is C31H30ClNO7. The maximum absolute atomic E-state index is 13.5. The number of esters is 1. The Hall–Kier alpha value is -4.30. The van der Waals surface area contributed by atoms with Gasteiger partial charge in [-0.2, -0.15) is 0 Å². The Morgan fingerprint density at radius 1 is 1.00 bits per heavy atom. The van der Waals surface area contributed by atoms with Crippen LogP contribution in [0, 0.1) is 12.8 Å². The van der Waals surface area contributed by atoms with Gasteiger partial charge in [0.25, 0.3) is 11.7 Å². The smallest absolute Gasteiger partial charge is 0.338 e. The van der Waals surface area contributed by atoms with Gasteiger partial charge in [-0.05, 0) is 48.7 Å². The van der Waals surface area contributed by atoms with Crippen LogP contribution in [-0.2, 0) is 14.3 Å². The molecule has 0 bridgehead atoms. The number of aliphatic hydroxyl groups excluding tert-OH is 1. The van der Waals surface area contributed by atoms with Crippen LogP contribution in [-0.4, -0.2) is 43.6 Å². The van der Waals surface area contributed by atoms with Gasteiger partial charge in [0.1, 0.15) is 17.3 Å². The van der Waals surface area contributed by atoms with Crippen LogP contribution >= 0.6 is 11.6 Å². The van der Waals surface area contributed by atoms with Crippen LogP contribution in [0.2, 0.25) is 5.02 Å². The van der Waals surface area contributed by atoms with Crippen molar-refractivity contribution >= 4 is 40.7 Å². The van der Waals surface area contributed by atoms with Crippen molar-refractivity contribution in [3.63, 3.8) is 0 Å². The number of carbonyl (C=O) groups excluding carboxylic acids is 3. The fourth-order valence-corrected chi connectivity index (χ4v) is 4.76. The Morgan fingerprint density at radius 3 is 2.27 bits per heavy atom. The Balaban J connectivity index is 1.87. The number of Topliss-reactive ketones (excluding diaryl/α,β-unsaturated/α-hetero) is 1. The van der Waals surface area contributed by atoms with Crippen LogP contribution in [0.25, 0.3) is 5.76 Å². The Bertz CT molecular complexity index is 1490. The van der Waals surface area contributed by atoms with Crippen molar-refractivity contribution in [2.75, 3.05) is 25.7 Å². The van der Waals surface area contributed by atoms with Crippen molar-refractivity contribution in [2.45, 2.75) is 26.8 Å². The summed E-state index contributed by atoms with van der Waals surface area (Å²) >= 11 is 6.25. The number of hydrogen-bond acceptors (Lipinski definition) is 7. The molecule has 4 rings (SSSR count). The summed E-state index contributed by atoms with van der Waals surface area (Å²) in [5, 5.41) is 11.8. The summed E-state index contributed by atoms with van der Waals surface area (Å²) < 4.78 is 16.0. The van der Waals surface area contributed by atoms with E-state index in [0.29, 0.717) is 16.8 Å². The summed E-state index contributed by atoms with van der Waals surface area (Å²) in [6.07, 6.45) is 0. The first-order valence-electron chi connectivity index (χ1n) is 12.6. The number of benzene rings is 3. The van der Waals surface area contributed by atoms with Gasteiger partial charge in [0.15, 0.2) is 0 Å². The molecule has 1 amide bonds. The third-order valence-electron chi connectivity index (χ3n) is 6.46. The van der Waals surface area contributed by atoms with E-state index >= 15 is 0 Å². The van der Waals surface area contributed by atoms with Gasteiger partial charge in [-0.1, -0.05) is 55.3 Å². The lowest BCUT2D eigenvalue weighted by atomic mass is 9.94. The number of carbonyl (C=O) groups is 3. The van der Waals surface area contributed by atoms with Crippen molar-refractivity contribution in [2.24, 2.45) is 5.92 Å². The molecule has 8 nitrogen and oxygen atoms in total. The normalized spacial score (nSPS) is 16.4. The van der Waals surface area contributed by atoms with E-state index in [0.717, 1.165) is 5.56 Å². The number of halogens is 1. The predicted molar refractivity (Wildman–Crippen MR) is 152 cm³/mol. The summed E-state index contributed by atoms with van der Waals surface area (Å²) in [7, 11) is 2.82. The minimum Gasteiger partial charge on any atom is -0.507 e. The maximum atomic E-state index is 13.5. The van der Waals surface area contributed by atoms with Crippen LogP contribution in [0.3, 0.4) is 0 Å². The van der Waals surface area contributed by atoms with E-state index < -0.39 is 29.5 Å². The number of aliphatic hydroxyl groups is 1. The number of amides is 1. The minimum absolute atomic E-state index is 0.126. The van der Waals surface area contributed by atoms with Crippen molar-refractivity contribution in [3.8, 4) is 11.5 Å². The number of ketones is 1. The third-order valence-corrected chi connectivity index (χ3v) is 6.76. The SMILES string of the molecule is COc1cc(/C(O)=C2\C(=O)C(=O)N(c3ccc(C(=O)OCC(C)C)cc3)C2c2cccc(C)c2)c(OC)cc1Cl. The number of ether oxygens (including phenoxy) is 3. The van der Waals surface area contributed by atoms with Crippen molar-refractivity contribution in [1.29, 1.82) is 0 Å². The first-order valence-corrected chi connectivity index (χ1v) is 13.0. The zero-order valence-electron chi connectivity index (χ0n) is 22.9. The maximum Gasteiger partial charge on any atom is 0.338 e. The molecule has 1 unspecified atom stereocenters. The molecule has 0 saturated carbocycles. The highest BCUT2D eigenvalue weighted by molar-refractivity contribution is 6.51. The van der Waals surface area contributed by atoms with Crippen molar-refractivity contribution < 1.29 is 33.7 Å². The molecule has 3 aromatic rings. The number of methoxy groups -OCH3 is 2. The molecule has 1 atom stereocenters. The molecule has 0 radical (unpaired) electrons. The second-order valence-corrected chi connectivity index (χ2v) is 10.2. The fourth-order valence-electron chi connectivity index (χ4n) is 4.53. The van der Waals surface area contributed by atoms with Crippen LogP contribution in [0.5, 0.6) is 11.5 Å². The van der Waals surface area contributed by atoms with E-state index in [1.807, 2.05) is 39.0 Å². The molecule has 1 aliphatic heterocycles. The first kappa shape index (κ1) is 28.7. The fraction of sp³-hybridized carbons (Fsp3) is 0.258. The molecule has 3 aromatic carbocycles. The standard InChI is InChI=1S/C31H30ClNO7/c1-17(2)16-40-31(37)19-9-11-21(12-10-19)33-27(20-8-6-7-18(3)13-20)26(29(35)30(33)36)28(34)22-14-25(39-5)23(32)15-24(22)38-4/h6-15,17,27,34H,16H2,1-5H3/b28-26+. The summed E-state index contributed by atoms with van der Waals surface area (Å²) in [6, 6.07) is 15.5. The minimum atomic E-state index is -0.968. The van der Waals surface area contributed by atoms with Crippen molar-refractivity contribution in [1.82, 2.24) is 0 Å². The van der Waals surface area contributed by atoms with E-state index in [1.165, 1.54) is 43.4 Å². The molecular weight excluding hydrogens is 534 g/mol. The third kappa shape index (κ3) is 5.53. The quantitative estimate of drug-likeness (QED) is 0.153. The molecule has 1 saturated heterocycles. The van der Waals surface area contributed by atoms with Gasteiger partial charge in [0.05, 0.1) is 48.6 Å². The van der Waals surface area contributed by atoms with Crippen LogP contribution < -0.4 is 14.4 Å². The monoisotopic (exact) mass is 563 g/mol. The zero-order valence-corrected chi connectivity index (χ0v) is 23.6. The lowest BCUT2D eigenvalue weighted by Gasteiger charge is -2.26. The van der Waals surface area contributed by atoms with Gasteiger partial charge in [-0.3, -0.25) is 14.5 Å². The molecule has 1 N–H and O–H groups in total. The average molecular weight is 564 g/mol. The highest BCUT2D eigenvalue weighted by Gasteiger charge is 2.47. The Morgan fingerprint density at radius 2 is 1.68 bits per heavy atom. The number of rotatable bonds is 8. The van der Waals surface area contributed by atoms with Crippen LogP contribution in [0.4, 0.5) is 5.69 Å². The highest BCUT2D eigenvalue weighted by atomic mass is 35.5. The predicted octanol–water partition coefficient (Wildman–Crippen LogP) is 6.10. The molecule has 208 valence electrons. The number of nitrogens with zero attached hydrogens (tertiary/aromatic N) is 1. The summed E-state index contributed by atoms with van der Waals surface area (Å²) in [6.45, 7) is 6.05. The van der Waals surface area contributed by atoms with Crippen LogP contribution in [0.1, 0.15) is 46.9 Å². The van der Waals surface area contributed by atoms with Gasteiger partial charge >= 0.3 is 5.97 Å². The van der Waals surface area contributed by atoms with Gasteiger partial charge in [0.2, 0.25) is 0 Å². The topological polar surface area (TPSA) is 102 Å². The molecule has 0 spiro atoms. The first-order chi connectivity index (χ1) is 19.1. The molecule has 0 aromatic heterocycles. The lowest BCUT2D eigenvalue weighted by molar-refractivity contribution is -0.132. The van der Waals surface area contributed by atoms with Crippen LogP contribution in [0.15, 0.2) is 66.2 Å². The Kier molecular flexibility index (Phi) is 8.49. The van der Waals surface area contributed by atoms with Gasteiger partial charge in [0, 0.05) is 11.8 Å². The number of anilines is 1. The van der Waals surface area contributed by atoms with E-state index in [4.69, 9.17) is 25.8 Å². The summed E-state index contributed by atoms with van der Waals surface area (Å²) in [5.74, 6) is -1.99. The second kappa shape index (κ2) is 11.8. The molecule has 9 heteroatoms. The lowest BCUT2D eigenvalue weighted by Crippen LogP contribution is -2.29.